The number of halogens is 1. The number of anilines is 1. The van der Waals surface area contributed by atoms with Gasteiger partial charge in [0.25, 0.3) is 0 Å². The minimum absolute atomic E-state index is 0.0439. The molecule has 188 valence electrons. The molecule has 1 N–H and O–H groups in total. The number of aromatic nitrogens is 2. The van der Waals surface area contributed by atoms with E-state index in [0.29, 0.717) is 41.1 Å². The number of nitrogens with one attached hydrogen (secondary N) is 1. The maximum absolute atomic E-state index is 13.3. The van der Waals surface area contributed by atoms with E-state index in [1.165, 1.54) is 30.5 Å². The maximum Gasteiger partial charge on any atom is 0.240 e. The molecule has 1 unspecified atom stereocenters. The second-order valence-corrected chi connectivity index (χ2v) is 12.6. The largest absolute Gasteiger partial charge is 0.342 e. The molecule has 1 saturated heterocycles. The summed E-state index contributed by atoms with van der Waals surface area (Å²) >= 11 is 7.24. The van der Waals surface area contributed by atoms with E-state index in [1.807, 2.05) is 0 Å². The van der Waals surface area contributed by atoms with Gasteiger partial charge in [-0.15, -0.1) is 11.3 Å². The van der Waals surface area contributed by atoms with Gasteiger partial charge in [-0.25, -0.2) is 18.1 Å². The molecule has 3 aromatic rings. The van der Waals surface area contributed by atoms with Gasteiger partial charge in [-0.3, -0.25) is 14.6 Å². The quantitative estimate of drug-likeness (QED) is 0.509. The molecule has 0 aliphatic carbocycles. The van der Waals surface area contributed by atoms with E-state index in [4.69, 9.17) is 11.6 Å². The lowest BCUT2D eigenvalue weighted by Gasteiger charge is -2.25. The van der Waals surface area contributed by atoms with Crippen molar-refractivity contribution in [3.8, 4) is 0 Å². The van der Waals surface area contributed by atoms with Gasteiger partial charge in [-0.1, -0.05) is 17.7 Å². The molecule has 9 nitrogen and oxygen atoms in total. The van der Waals surface area contributed by atoms with Crippen molar-refractivity contribution in [2.75, 3.05) is 24.5 Å². The highest BCUT2D eigenvalue weighted by molar-refractivity contribution is 7.89. The number of hydrogen-bond donors (Lipinski definition) is 1. The van der Waals surface area contributed by atoms with E-state index in [-0.39, 0.29) is 29.7 Å². The first-order chi connectivity index (χ1) is 17.2. The molecule has 1 atom stereocenters. The van der Waals surface area contributed by atoms with Gasteiger partial charge in [0.15, 0.2) is 0 Å². The summed E-state index contributed by atoms with van der Waals surface area (Å²) in [5, 5.41) is 0.614. The zero-order chi connectivity index (χ0) is 25.5. The minimum Gasteiger partial charge on any atom is -0.342 e. The Morgan fingerprint density at radius 2 is 2.06 bits per heavy atom. The van der Waals surface area contributed by atoms with E-state index in [2.05, 4.69) is 14.7 Å². The fourth-order valence-corrected chi connectivity index (χ4v) is 6.88. The van der Waals surface area contributed by atoms with Crippen molar-refractivity contribution in [3.05, 3.63) is 69.4 Å². The second-order valence-electron chi connectivity index (χ2n) is 9.05. The monoisotopic (exact) mass is 545 g/mol. The number of amides is 2. The summed E-state index contributed by atoms with van der Waals surface area (Å²) in [5.74, 6) is -0.191. The van der Waals surface area contributed by atoms with Crippen LogP contribution in [-0.4, -0.2) is 54.7 Å². The van der Waals surface area contributed by atoms with Crippen LogP contribution in [-0.2, 0) is 38.0 Å². The lowest BCUT2D eigenvalue weighted by atomic mass is 9.81. The molecule has 5 rings (SSSR count). The fraction of sp³-hybridized carbons (Fsp3) is 0.333. The molecule has 1 spiro atoms. The van der Waals surface area contributed by atoms with Crippen molar-refractivity contribution in [1.29, 1.82) is 0 Å². The van der Waals surface area contributed by atoms with Crippen LogP contribution in [0.15, 0.2) is 53.8 Å². The van der Waals surface area contributed by atoms with Gasteiger partial charge >= 0.3 is 0 Å². The van der Waals surface area contributed by atoms with Gasteiger partial charge in [0.1, 0.15) is 9.34 Å². The predicted octanol–water partition coefficient (Wildman–Crippen LogP) is 2.75. The normalized spacial score (nSPS) is 19.2. The first-order valence-electron chi connectivity index (χ1n) is 11.4. The van der Waals surface area contributed by atoms with Crippen LogP contribution in [0.5, 0.6) is 0 Å². The highest BCUT2D eigenvalue weighted by Crippen LogP contribution is 2.47. The highest BCUT2D eigenvalue weighted by atomic mass is 35.5. The van der Waals surface area contributed by atoms with Gasteiger partial charge in [0, 0.05) is 56.6 Å². The molecule has 1 fully saturated rings. The molecule has 2 aromatic heterocycles. The summed E-state index contributed by atoms with van der Waals surface area (Å²) in [6.07, 6.45) is 5.48. The summed E-state index contributed by atoms with van der Waals surface area (Å²) in [5.41, 5.74) is 1.64. The Morgan fingerprint density at radius 1 is 1.22 bits per heavy atom. The third kappa shape index (κ3) is 4.75. The number of sulfonamides is 1. The van der Waals surface area contributed by atoms with Crippen molar-refractivity contribution < 1.29 is 18.0 Å². The number of fused-ring (bicyclic) bond motifs is 2. The first kappa shape index (κ1) is 24.8. The van der Waals surface area contributed by atoms with E-state index < -0.39 is 15.4 Å². The topological polar surface area (TPSA) is 113 Å². The highest BCUT2D eigenvalue weighted by Gasteiger charge is 2.49. The number of hydrogen-bond acceptors (Lipinski definition) is 7. The Labute approximate surface area is 218 Å². The second kappa shape index (κ2) is 9.55. The SMILES string of the molecule is CC(=O)N1CCC2(C1)CN(C(=O)Cc1ncc(Cl)s1)c1ccc(S(=O)(=O)NCc3cccnc3)cc12. The summed E-state index contributed by atoms with van der Waals surface area (Å²) in [6, 6.07) is 8.39. The molecule has 4 heterocycles. The van der Waals surface area contributed by atoms with E-state index in [1.54, 1.807) is 46.5 Å². The molecule has 2 amide bonds. The summed E-state index contributed by atoms with van der Waals surface area (Å²) in [7, 11) is -3.82. The van der Waals surface area contributed by atoms with Gasteiger partial charge in [0.2, 0.25) is 21.8 Å². The lowest BCUT2D eigenvalue weighted by molar-refractivity contribution is -0.127. The lowest BCUT2D eigenvalue weighted by Crippen LogP contribution is -2.40. The van der Waals surface area contributed by atoms with Crippen molar-refractivity contribution in [2.24, 2.45) is 0 Å². The smallest absolute Gasteiger partial charge is 0.240 e. The minimum atomic E-state index is -3.82. The van der Waals surface area contributed by atoms with E-state index in [9.17, 15) is 18.0 Å². The number of thiazole rings is 1. The first-order valence-corrected chi connectivity index (χ1v) is 14.0. The molecule has 1 aromatic carbocycles. The van der Waals surface area contributed by atoms with Crippen LogP contribution in [0.4, 0.5) is 5.69 Å². The van der Waals surface area contributed by atoms with Gasteiger partial charge < -0.3 is 9.80 Å². The number of carbonyl (C=O) groups is 2. The van der Waals surface area contributed by atoms with Crippen molar-refractivity contribution >= 4 is 50.5 Å². The molecule has 0 radical (unpaired) electrons. The number of rotatable bonds is 6. The average Bonchev–Trinajstić information content (AvgIpc) is 3.56. The number of nitrogens with zero attached hydrogens (tertiary/aromatic N) is 4. The van der Waals surface area contributed by atoms with Crippen LogP contribution in [0.25, 0.3) is 0 Å². The summed E-state index contributed by atoms with van der Waals surface area (Å²) in [6.45, 7) is 2.98. The molecular weight excluding hydrogens is 522 g/mol. The Morgan fingerprint density at radius 3 is 2.72 bits per heavy atom. The average molecular weight is 546 g/mol. The zero-order valence-electron chi connectivity index (χ0n) is 19.5. The van der Waals surface area contributed by atoms with Crippen LogP contribution < -0.4 is 9.62 Å². The van der Waals surface area contributed by atoms with Crippen molar-refractivity contribution in [1.82, 2.24) is 19.6 Å². The van der Waals surface area contributed by atoms with Crippen molar-refractivity contribution in [3.63, 3.8) is 0 Å². The number of carbonyl (C=O) groups excluding carboxylic acids is 2. The van der Waals surface area contributed by atoms with Crippen LogP contribution in [0.2, 0.25) is 4.34 Å². The Bertz CT molecular complexity index is 1430. The van der Waals surface area contributed by atoms with Crippen LogP contribution in [0.3, 0.4) is 0 Å². The Kier molecular flexibility index (Phi) is 6.58. The predicted molar refractivity (Wildman–Crippen MR) is 136 cm³/mol. The van der Waals surface area contributed by atoms with Gasteiger partial charge in [-0.05, 0) is 41.8 Å². The zero-order valence-corrected chi connectivity index (χ0v) is 21.9. The third-order valence-corrected chi connectivity index (χ3v) is 9.23. The third-order valence-electron chi connectivity index (χ3n) is 6.72. The maximum atomic E-state index is 13.3. The number of likely N-dealkylation sites (tertiary alicyclic amines) is 1. The molecule has 12 heteroatoms. The standard InChI is InChI=1S/C24H24ClN5O4S2/c1-16(31)29-8-6-24(14-29)15-30(23(32)10-22-27-13-21(25)35-22)20-5-4-18(9-19(20)24)36(33,34)28-12-17-3-2-7-26-11-17/h2-5,7,9,11,13,28H,6,8,10,12,14-15H2,1H3. The molecule has 36 heavy (non-hydrogen) atoms. The fourth-order valence-electron chi connectivity index (χ4n) is 4.89. The molecule has 2 aliphatic heterocycles. The molecule has 2 aliphatic rings. The van der Waals surface area contributed by atoms with Crippen LogP contribution >= 0.6 is 22.9 Å². The Hall–Kier alpha value is -2.86. The van der Waals surface area contributed by atoms with Gasteiger partial charge in [0.05, 0.1) is 17.5 Å². The van der Waals surface area contributed by atoms with E-state index >= 15 is 0 Å². The Balaban J connectivity index is 1.47. The molecular formula is C24H24ClN5O4S2. The van der Waals surface area contributed by atoms with Crippen molar-refractivity contribution in [2.45, 2.75) is 36.6 Å². The molecule has 0 bridgehead atoms. The summed E-state index contributed by atoms with van der Waals surface area (Å²) in [4.78, 5) is 37.2. The van der Waals surface area contributed by atoms with Crippen LogP contribution in [0.1, 0.15) is 29.5 Å². The van der Waals surface area contributed by atoms with E-state index in [0.717, 1.165) is 11.1 Å². The molecule has 0 saturated carbocycles. The number of benzene rings is 1. The number of pyridine rings is 1. The van der Waals surface area contributed by atoms with Gasteiger partial charge in [-0.2, -0.15) is 0 Å². The summed E-state index contributed by atoms with van der Waals surface area (Å²) < 4.78 is 29.4. The van der Waals surface area contributed by atoms with Crippen LogP contribution in [0, 0.1) is 0 Å².